The van der Waals surface area contributed by atoms with Gasteiger partial charge in [-0.05, 0) is 18.1 Å². The monoisotopic (exact) mass is 140 g/mol. The minimum atomic E-state index is 0.348. The second kappa shape index (κ2) is 3.21. The Morgan fingerprint density at radius 2 is 2.56 bits per heavy atom. The third-order valence-corrected chi connectivity index (χ3v) is 0.933. The summed E-state index contributed by atoms with van der Waals surface area (Å²) >= 11 is 5.30. The predicted octanol–water partition coefficient (Wildman–Crippen LogP) is 1.87. The molecule has 1 nitrogen and oxygen atoms in total. The molecule has 0 bridgehead atoms. The fourth-order valence-electron chi connectivity index (χ4n) is 0.470. The van der Waals surface area contributed by atoms with E-state index in [1.54, 1.807) is 18.4 Å². The number of rotatable bonds is 0. The van der Waals surface area contributed by atoms with Gasteiger partial charge in [-0.1, -0.05) is 5.92 Å². The molecule has 46 valence electrons. The first-order valence-corrected chi connectivity index (χ1v) is 3.05. The molecule has 0 aliphatic carbocycles. The molecular weight excluding hydrogens is 136 g/mol. The van der Waals surface area contributed by atoms with Crippen LogP contribution in [0.1, 0.15) is 5.76 Å². The van der Waals surface area contributed by atoms with Gasteiger partial charge >= 0.3 is 0 Å². The van der Waals surface area contributed by atoms with Crippen molar-refractivity contribution in [2.45, 2.75) is 0 Å². The topological polar surface area (TPSA) is 13.1 Å². The van der Waals surface area contributed by atoms with E-state index in [1.807, 2.05) is 0 Å². The van der Waals surface area contributed by atoms with Crippen LogP contribution in [-0.2, 0) is 0 Å². The van der Waals surface area contributed by atoms with Crippen molar-refractivity contribution in [1.82, 2.24) is 0 Å². The van der Waals surface area contributed by atoms with Crippen molar-refractivity contribution in [3.05, 3.63) is 24.2 Å². The number of alkyl halides is 1. The summed E-state index contributed by atoms with van der Waals surface area (Å²) < 4.78 is 4.90. The Morgan fingerprint density at radius 3 is 3.11 bits per heavy atom. The summed E-state index contributed by atoms with van der Waals surface area (Å²) in [5, 5.41) is 0. The predicted molar refractivity (Wildman–Crippen MR) is 36.3 cm³/mol. The Hall–Kier alpha value is -0.870. The van der Waals surface area contributed by atoms with Gasteiger partial charge in [0, 0.05) is 0 Å². The van der Waals surface area contributed by atoms with Crippen LogP contribution in [0.15, 0.2) is 22.8 Å². The van der Waals surface area contributed by atoms with Gasteiger partial charge in [0.25, 0.3) is 0 Å². The van der Waals surface area contributed by atoms with Crippen LogP contribution < -0.4 is 0 Å². The van der Waals surface area contributed by atoms with Crippen molar-refractivity contribution in [2.75, 3.05) is 5.88 Å². The minimum Gasteiger partial charge on any atom is -0.456 e. The zero-order valence-corrected chi connectivity index (χ0v) is 5.48. The van der Waals surface area contributed by atoms with Crippen LogP contribution in [0.2, 0.25) is 0 Å². The van der Waals surface area contributed by atoms with Crippen LogP contribution in [0.25, 0.3) is 0 Å². The largest absolute Gasteiger partial charge is 0.456 e. The molecule has 0 N–H and O–H groups in total. The summed E-state index contributed by atoms with van der Waals surface area (Å²) in [5.74, 6) is 6.41. The highest BCUT2D eigenvalue weighted by molar-refractivity contribution is 6.19. The lowest BCUT2D eigenvalue weighted by atomic mass is 10.4. The average Bonchev–Trinajstić information content (AvgIpc) is 2.34. The second-order valence-electron chi connectivity index (χ2n) is 1.41. The van der Waals surface area contributed by atoms with Crippen molar-refractivity contribution in [3.63, 3.8) is 0 Å². The highest BCUT2D eigenvalue weighted by Crippen LogP contribution is 1.95. The molecular formula is C7H5ClO. The Kier molecular flexibility index (Phi) is 2.23. The molecule has 0 aliphatic heterocycles. The van der Waals surface area contributed by atoms with Crippen LogP contribution in [0.4, 0.5) is 0 Å². The first kappa shape index (κ1) is 6.25. The summed E-state index contributed by atoms with van der Waals surface area (Å²) in [5.41, 5.74) is 0. The normalized spacial score (nSPS) is 8.11. The SMILES string of the molecule is ClCC#Cc1ccco1. The average molecular weight is 141 g/mol. The molecule has 2 heteroatoms. The van der Waals surface area contributed by atoms with Crippen LogP contribution in [0.3, 0.4) is 0 Å². The molecule has 0 saturated carbocycles. The zero-order valence-electron chi connectivity index (χ0n) is 4.73. The van der Waals surface area contributed by atoms with E-state index in [0.29, 0.717) is 11.6 Å². The lowest BCUT2D eigenvalue weighted by Crippen LogP contribution is -1.63. The molecule has 0 aliphatic rings. The van der Waals surface area contributed by atoms with Gasteiger partial charge in [0.05, 0.1) is 12.1 Å². The van der Waals surface area contributed by atoms with Gasteiger partial charge in [-0.3, -0.25) is 0 Å². The standard InChI is InChI=1S/C7H5ClO/c8-5-1-3-7-4-2-6-9-7/h2,4,6H,5H2. The maximum Gasteiger partial charge on any atom is 0.176 e. The van der Waals surface area contributed by atoms with Gasteiger partial charge in [0.15, 0.2) is 5.76 Å². The summed E-state index contributed by atoms with van der Waals surface area (Å²) in [6.45, 7) is 0. The van der Waals surface area contributed by atoms with Crippen molar-refractivity contribution in [2.24, 2.45) is 0 Å². The van der Waals surface area contributed by atoms with E-state index < -0.39 is 0 Å². The first-order valence-electron chi connectivity index (χ1n) is 2.52. The van der Waals surface area contributed by atoms with E-state index in [2.05, 4.69) is 11.8 Å². The number of halogens is 1. The Bertz CT molecular complexity index is 215. The van der Waals surface area contributed by atoms with Crippen molar-refractivity contribution < 1.29 is 4.42 Å². The van der Waals surface area contributed by atoms with Gasteiger partial charge in [0.2, 0.25) is 0 Å². The molecule has 9 heavy (non-hydrogen) atoms. The Balaban J connectivity index is 2.67. The molecule has 1 rings (SSSR count). The molecule has 0 fully saturated rings. The minimum absolute atomic E-state index is 0.348. The number of hydrogen-bond acceptors (Lipinski definition) is 1. The number of hydrogen-bond donors (Lipinski definition) is 0. The van der Waals surface area contributed by atoms with E-state index in [-0.39, 0.29) is 0 Å². The van der Waals surface area contributed by atoms with Gasteiger partial charge in [-0.15, -0.1) is 11.6 Å². The highest BCUT2D eigenvalue weighted by Gasteiger charge is 1.83. The quantitative estimate of drug-likeness (QED) is 0.396. The van der Waals surface area contributed by atoms with Crippen molar-refractivity contribution >= 4 is 11.6 Å². The zero-order chi connectivity index (χ0) is 6.53. The summed E-state index contributed by atoms with van der Waals surface area (Å²) in [6, 6.07) is 3.58. The third-order valence-electron chi connectivity index (χ3n) is 0.800. The van der Waals surface area contributed by atoms with E-state index in [9.17, 15) is 0 Å². The number of furan rings is 1. The van der Waals surface area contributed by atoms with Crippen LogP contribution >= 0.6 is 11.6 Å². The van der Waals surface area contributed by atoms with Gasteiger partial charge < -0.3 is 4.42 Å². The maximum atomic E-state index is 5.30. The van der Waals surface area contributed by atoms with Gasteiger partial charge in [0.1, 0.15) is 0 Å². The lowest BCUT2D eigenvalue weighted by Gasteiger charge is -1.73. The van der Waals surface area contributed by atoms with Crippen molar-refractivity contribution in [3.8, 4) is 11.8 Å². The Labute approximate surface area is 58.6 Å². The molecule has 0 spiro atoms. The van der Waals surface area contributed by atoms with Crippen LogP contribution in [0, 0.1) is 11.8 Å². The van der Waals surface area contributed by atoms with E-state index in [0.717, 1.165) is 0 Å². The summed E-state index contributed by atoms with van der Waals surface area (Å²) in [4.78, 5) is 0. The molecule has 0 aromatic carbocycles. The molecule has 0 saturated heterocycles. The molecule has 1 aromatic heterocycles. The van der Waals surface area contributed by atoms with Crippen molar-refractivity contribution in [1.29, 1.82) is 0 Å². The van der Waals surface area contributed by atoms with Gasteiger partial charge in [-0.2, -0.15) is 0 Å². The lowest BCUT2D eigenvalue weighted by molar-refractivity contribution is 0.554. The van der Waals surface area contributed by atoms with E-state index in [4.69, 9.17) is 16.0 Å². The molecule has 0 radical (unpaired) electrons. The second-order valence-corrected chi connectivity index (χ2v) is 1.68. The van der Waals surface area contributed by atoms with E-state index in [1.165, 1.54) is 0 Å². The van der Waals surface area contributed by atoms with Gasteiger partial charge in [-0.25, -0.2) is 0 Å². The summed E-state index contributed by atoms with van der Waals surface area (Å²) in [7, 11) is 0. The van der Waals surface area contributed by atoms with Crippen LogP contribution in [0.5, 0.6) is 0 Å². The maximum absolute atomic E-state index is 5.30. The molecule has 0 atom stereocenters. The first-order chi connectivity index (χ1) is 4.43. The molecule has 1 aromatic rings. The van der Waals surface area contributed by atoms with E-state index >= 15 is 0 Å². The van der Waals surface area contributed by atoms with Crippen LogP contribution in [-0.4, -0.2) is 5.88 Å². The fraction of sp³-hybridized carbons (Fsp3) is 0.143. The molecule has 0 unspecified atom stereocenters. The smallest absolute Gasteiger partial charge is 0.176 e. The third kappa shape index (κ3) is 1.83. The Morgan fingerprint density at radius 1 is 1.67 bits per heavy atom. The summed E-state index contributed by atoms with van der Waals surface area (Å²) in [6.07, 6.45) is 1.58. The highest BCUT2D eigenvalue weighted by atomic mass is 35.5. The molecule has 0 amide bonds. The fourth-order valence-corrected chi connectivity index (χ4v) is 0.537. The molecule has 1 heterocycles.